The van der Waals surface area contributed by atoms with Crippen molar-refractivity contribution in [2.75, 3.05) is 39.3 Å². The van der Waals surface area contributed by atoms with Crippen molar-refractivity contribution >= 4 is 17.8 Å². The Hall–Kier alpha value is -3.62. The van der Waals surface area contributed by atoms with Crippen LogP contribution in [-0.4, -0.2) is 98.8 Å². The maximum atomic E-state index is 14.6. The van der Waals surface area contributed by atoms with Gasteiger partial charge in [0.1, 0.15) is 24.6 Å². The van der Waals surface area contributed by atoms with Crippen LogP contribution < -0.4 is 5.32 Å². The van der Waals surface area contributed by atoms with Crippen molar-refractivity contribution in [2.45, 2.75) is 89.9 Å². The van der Waals surface area contributed by atoms with Crippen LogP contribution in [0.4, 0.5) is 26.7 Å². The third kappa shape index (κ3) is 8.59. The lowest BCUT2D eigenvalue weighted by Crippen LogP contribution is -2.47. The molecule has 2 saturated heterocycles. The third-order valence-corrected chi connectivity index (χ3v) is 9.11. The maximum absolute atomic E-state index is 14.6. The van der Waals surface area contributed by atoms with E-state index in [4.69, 9.17) is 0 Å². The summed E-state index contributed by atoms with van der Waals surface area (Å²) in [5.74, 6) is -3.97. The van der Waals surface area contributed by atoms with Gasteiger partial charge in [0.15, 0.2) is 11.6 Å². The summed E-state index contributed by atoms with van der Waals surface area (Å²) in [6.45, 7) is 10.8. The average molecular weight is 656 g/mol. The summed E-state index contributed by atoms with van der Waals surface area (Å²) >= 11 is 0. The lowest BCUT2D eigenvalue weighted by molar-refractivity contribution is -0.133. The molecule has 10 nitrogen and oxygen atoms in total. The lowest BCUT2D eigenvalue weighted by atomic mass is 9.89. The molecule has 0 spiro atoms. The Morgan fingerprint density at radius 1 is 1.00 bits per heavy atom. The van der Waals surface area contributed by atoms with Gasteiger partial charge in [0.2, 0.25) is 11.8 Å². The molecular weight excluding hydrogens is 613 g/mol. The van der Waals surface area contributed by atoms with Crippen LogP contribution in [0.1, 0.15) is 81.9 Å². The molecule has 0 aliphatic carbocycles. The summed E-state index contributed by atoms with van der Waals surface area (Å²) in [7, 11) is 0. The Labute approximate surface area is 265 Å². The van der Waals surface area contributed by atoms with Gasteiger partial charge in [-0.2, -0.15) is 13.2 Å². The number of hydrogen-bond acceptors (Lipinski definition) is 6. The Morgan fingerprint density at radius 3 is 2.24 bits per heavy atom. The Balaban J connectivity index is 0.000000617. The number of nitrogens with one attached hydrogen (secondary N) is 1. The minimum Gasteiger partial charge on any atom is -0.343 e. The molecule has 0 saturated carbocycles. The van der Waals surface area contributed by atoms with Crippen molar-refractivity contribution in [1.82, 2.24) is 34.8 Å². The summed E-state index contributed by atoms with van der Waals surface area (Å²) in [6, 6.07) is 3.14. The van der Waals surface area contributed by atoms with Gasteiger partial charge in [0.25, 0.3) is 0 Å². The number of urea groups is 1. The van der Waals surface area contributed by atoms with Gasteiger partial charge in [-0.15, -0.1) is 10.2 Å². The highest BCUT2D eigenvalue weighted by Crippen LogP contribution is 2.38. The highest BCUT2D eigenvalue weighted by atomic mass is 19.4. The van der Waals surface area contributed by atoms with E-state index < -0.39 is 42.1 Å². The smallest absolute Gasteiger partial charge is 0.343 e. The summed E-state index contributed by atoms with van der Waals surface area (Å²) in [5, 5.41) is 10.0. The molecule has 0 radical (unpaired) electrons. The molecule has 3 aliphatic heterocycles. The van der Waals surface area contributed by atoms with Gasteiger partial charge >= 0.3 is 12.2 Å². The zero-order valence-corrected chi connectivity index (χ0v) is 26.5. The molecular formula is C31H42F5N7O3. The van der Waals surface area contributed by atoms with Crippen molar-refractivity contribution in [1.29, 1.82) is 0 Å². The summed E-state index contributed by atoms with van der Waals surface area (Å²) in [4.78, 5) is 42.2. The van der Waals surface area contributed by atoms with Crippen LogP contribution in [0.5, 0.6) is 0 Å². The lowest BCUT2D eigenvalue weighted by Gasteiger charge is -2.36. The van der Waals surface area contributed by atoms with E-state index in [0.29, 0.717) is 38.8 Å². The zero-order chi connectivity index (χ0) is 33.6. The number of likely N-dealkylation sites (tertiary alicyclic amines) is 1. The molecule has 15 heteroatoms. The van der Waals surface area contributed by atoms with Crippen LogP contribution in [-0.2, 0) is 22.6 Å². The number of fused-ring (bicyclic) bond motifs is 1. The van der Waals surface area contributed by atoms with Crippen LogP contribution >= 0.6 is 0 Å². The third-order valence-electron chi connectivity index (χ3n) is 9.11. The number of carbonyl (C=O) groups is 3. The van der Waals surface area contributed by atoms with Gasteiger partial charge in [-0.1, -0.05) is 32.9 Å². The number of aromatic nitrogens is 3. The second kappa shape index (κ2) is 15.3. The van der Waals surface area contributed by atoms with Gasteiger partial charge in [0.05, 0.1) is 0 Å². The van der Waals surface area contributed by atoms with E-state index >= 15 is 0 Å². The van der Waals surface area contributed by atoms with Crippen LogP contribution in [0.25, 0.3) is 0 Å². The normalized spacial score (nSPS) is 20.7. The van der Waals surface area contributed by atoms with Crippen molar-refractivity contribution in [3.63, 3.8) is 0 Å². The van der Waals surface area contributed by atoms with E-state index in [1.807, 2.05) is 0 Å². The predicted octanol–water partition coefficient (Wildman–Crippen LogP) is 4.60. The van der Waals surface area contributed by atoms with Gasteiger partial charge in [-0.3, -0.25) is 14.9 Å². The average Bonchev–Trinajstić information content (AvgIpc) is 3.50. The number of piperidine rings is 1. The Bertz CT molecular complexity index is 1370. The molecule has 0 unspecified atom stereocenters. The fraction of sp³-hybridized carbons (Fsp3) is 0.645. The van der Waals surface area contributed by atoms with Gasteiger partial charge in [0, 0.05) is 43.9 Å². The Kier molecular flexibility index (Phi) is 11.7. The quantitative estimate of drug-likeness (QED) is 0.330. The first-order valence-electron chi connectivity index (χ1n) is 15.9. The first kappa shape index (κ1) is 35.2. The number of nitrogens with zero attached hydrogens (tertiary/aromatic N) is 6. The first-order valence-corrected chi connectivity index (χ1v) is 15.9. The minimum atomic E-state index is -4.55. The monoisotopic (exact) mass is 655 g/mol. The van der Waals surface area contributed by atoms with Crippen LogP contribution in [0.15, 0.2) is 18.2 Å². The second-order valence-electron chi connectivity index (χ2n) is 11.9. The molecule has 254 valence electrons. The summed E-state index contributed by atoms with van der Waals surface area (Å²) < 4.78 is 69.7. The number of rotatable bonds is 8. The molecule has 5 rings (SSSR count). The number of carbonyl (C=O) groups excluding carboxylic acids is 3. The fourth-order valence-corrected chi connectivity index (χ4v) is 6.48. The SMILES string of the molecule is CCN(CC)CC.O=C1CN(C2CCN(C(=O)C[C@@H]3CC[C@H](c4cccc(F)c4F)Cn4c(CC(F)(F)F)nnc43)CC2)C(=O)N1. The molecule has 3 aliphatic rings. The molecule has 46 heavy (non-hydrogen) atoms. The van der Waals surface area contributed by atoms with Crippen molar-refractivity contribution in [2.24, 2.45) is 0 Å². The molecule has 1 aromatic carbocycles. The summed E-state index contributed by atoms with van der Waals surface area (Å²) in [5.41, 5.74) is 0.0612. The molecule has 2 atom stereocenters. The molecule has 4 heterocycles. The number of alkyl halides is 3. The van der Waals surface area contributed by atoms with E-state index in [0.717, 1.165) is 6.07 Å². The van der Waals surface area contributed by atoms with Gasteiger partial charge in [-0.05, 0) is 56.9 Å². The predicted molar refractivity (Wildman–Crippen MR) is 159 cm³/mol. The standard InChI is InChI=1S/C25H27F5N6O3.C6H15N/c26-18-3-1-2-17(22(18)27)15-5-4-14(23-33-32-19(36(23)12-15)11-25(28,29)30)10-21(38)34-8-6-16(7-9-34)35-13-20(37)31-24(35)39;1-4-7(5-2)6-3/h1-3,14-16H,4-13H2,(H,31,37,39);4-6H2,1-3H3/t14-,15-;/m0./s1. The number of benzene rings is 1. The molecule has 1 aromatic heterocycles. The highest BCUT2D eigenvalue weighted by molar-refractivity contribution is 6.02. The van der Waals surface area contributed by atoms with E-state index in [2.05, 4.69) is 41.2 Å². The van der Waals surface area contributed by atoms with E-state index in [1.54, 1.807) is 4.90 Å². The molecule has 2 aromatic rings. The maximum Gasteiger partial charge on any atom is 0.396 e. The van der Waals surface area contributed by atoms with E-state index in [9.17, 15) is 36.3 Å². The topological polar surface area (TPSA) is 104 Å². The van der Waals surface area contributed by atoms with Crippen LogP contribution in [0.3, 0.4) is 0 Å². The summed E-state index contributed by atoms with van der Waals surface area (Å²) in [6.07, 6.45) is -4.30. The Morgan fingerprint density at radius 2 is 1.67 bits per heavy atom. The van der Waals surface area contributed by atoms with Gasteiger partial charge in [-0.25, -0.2) is 13.6 Å². The molecule has 4 amide bonds. The number of amides is 4. The van der Waals surface area contributed by atoms with Crippen molar-refractivity contribution in [3.05, 3.63) is 47.0 Å². The fourth-order valence-electron chi connectivity index (χ4n) is 6.48. The first-order chi connectivity index (χ1) is 21.8. The largest absolute Gasteiger partial charge is 0.396 e. The van der Waals surface area contributed by atoms with Gasteiger partial charge < -0.3 is 19.3 Å². The molecule has 2 fully saturated rings. The van der Waals surface area contributed by atoms with Crippen LogP contribution in [0.2, 0.25) is 0 Å². The van der Waals surface area contributed by atoms with Crippen LogP contribution in [0, 0.1) is 11.6 Å². The number of imide groups is 1. The number of hydrogen-bond donors (Lipinski definition) is 1. The van der Waals surface area contributed by atoms with E-state index in [1.165, 1.54) is 41.2 Å². The molecule has 0 bridgehead atoms. The molecule has 1 N–H and O–H groups in total. The number of halogens is 5. The second-order valence-corrected chi connectivity index (χ2v) is 11.9. The van der Waals surface area contributed by atoms with E-state index in [-0.39, 0.29) is 54.6 Å². The minimum absolute atomic E-state index is 0.0114. The van der Waals surface area contributed by atoms with Crippen molar-refractivity contribution in [3.8, 4) is 0 Å². The zero-order valence-electron chi connectivity index (χ0n) is 26.5. The van der Waals surface area contributed by atoms with Crippen molar-refractivity contribution < 1.29 is 36.3 Å². The highest BCUT2D eigenvalue weighted by Gasteiger charge is 2.38.